The van der Waals surface area contributed by atoms with Crippen LogP contribution in [0.4, 0.5) is 4.79 Å². The molecule has 2 aromatic heterocycles. The lowest BCUT2D eigenvalue weighted by Crippen LogP contribution is -2.47. The highest BCUT2D eigenvalue weighted by Gasteiger charge is 2.31. The SMILES string of the molecule is O=C(O)N1CCOC(CC(=O)N2CCn3c(c(-c4cn[nH]c4)c4ccc(Cl)c(Cl)c43)C2)C1. The van der Waals surface area contributed by atoms with E-state index in [1.54, 1.807) is 17.2 Å². The molecular weight excluding hydrogens is 457 g/mol. The Balaban J connectivity index is 1.45. The number of benzene rings is 1. The Morgan fingerprint density at radius 2 is 2.06 bits per heavy atom. The molecule has 2 N–H and O–H groups in total. The third-order valence-corrected chi connectivity index (χ3v) is 6.90. The summed E-state index contributed by atoms with van der Waals surface area (Å²) in [5.41, 5.74) is 3.69. The number of nitrogens with one attached hydrogen (secondary N) is 1. The van der Waals surface area contributed by atoms with Gasteiger partial charge in [0.05, 0.1) is 54.0 Å². The molecule has 1 unspecified atom stereocenters. The van der Waals surface area contributed by atoms with Crippen LogP contribution in [0.1, 0.15) is 12.1 Å². The van der Waals surface area contributed by atoms with Crippen LogP contribution in [-0.4, -0.2) is 74.0 Å². The molecule has 1 aromatic carbocycles. The van der Waals surface area contributed by atoms with Crippen molar-refractivity contribution in [3.05, 3.63) is 40.3 Å². The standard InChI is InChI=1S/C21H21Cl2N5O4/c22-15-2-1-14-18(12-8-24-25-9-12)16-11-26(3-4-28(16)20(14)19(15)23)17(29)7-13-10-27(21(30)31)5-6-32-13/h1-2,8-9,13H,3-7,10-11H2,(H,24,25)(H,30,31). The molecule has 0 bridgehead atoms. The fourth-order valence-corrected chi connectivity index (χ4v) is 5.01. The minimum Gasteiger partial charge on any atom is -0.465 e. The summed E-state index contributed by atoms with van der Waals surface area (Å²) >= 11 is 12.9. The highest BCUT2D eigenvalue weighted by atomic mass is 35.5. The van der Waals surface area contributed by atoms with Crippen LogP contribution in [0.5, 0.6) is 0 Å². The average Bonchev–Trinajstić information content (AvgIpc) is 3.41. The van der Waals surface area contributed by atoms with Gasteiger partial charge in [0.1, 0.15) is 0 Å². The van der Waals surface area contributed by atoms with Crippen LogP contribution in [0.25, 0.3) is 22.0 Å². The summed E-state index contributed by atoms with van der Waals surface area (Å²) in [5, 5.41) is 18.1. The van der Waals surface area contributed by atoms with E-state index in [0.717, 1.165) is 27.7 Å². The van der Waals surface area contributed by atoms with Gasteiger partial charge < -0.3 is 24.2 Å². The molecule has 2 aliphatic heterocycles. The summed E-state index contributed by atoms with van der Waals surface area (Å²) in [6, 6.07) is 3.72. The van der Waals surface area contributed by atoms with E-state index in [0.29, 0.717) is 42.8 Å². The van der Waals surface area contributed by atoms with Gasteiger partial charge in [-0.3, -0.25) is 9.89 Å². The second kappa shape index (κ2) is 8.31. The molecule has 32 heavy (non-hydrogen) atoms. The average molecular weight is 478 g/mol. The number of fused-ring (bicyclic) bond motifs is 3. The Morgan fingerprint density at radius 3 is 2.81 bits per heavy atom. The number of aromatic amines is 1. The highest BCUT2D eigenvalue weighted by Crippen LogP contribution is 2.42. The third kappa shape index (κ3) is 3.60. The molecule has 11 heteroatoms. The van der Waals surface area contributed by atoms with Crippen molar-refractivity contribution in [3.8, 4) is 11.1 Å². The summed E-state index contributed by atoms with van der Waals surface area (Å²) in [4.78, 5) is 27.4. The number of hydrogen-bond donors (Lipinski definition) is 2. The number of carbonyl (C=O) groups excluding carboxylic acids is 1. The number of H-pyrrole nitrogens is 1. The lowest BCUT2D eigenvalue weighted by atomic mass is 10.0. The Kier molecular flexibility index (Phi) is 5.48. The normalized spacial score (nSPS) is 18.8. The Bertz CT molecular complexity index is 1190. The summed E-state index contributed by atoms with van der Waals surface area (Å²) in [6.45, 7) is 2.30. The fourth-order valence-electron chi connectivity index (χ4n) is 4.59. The number of morpholine rings is 1. The molecule has 0 aliphatic carbocycles. The number of nitrogens with zero attached hydrogens (tertiary/aromatic N) is 4. The van der Waals surface area contributed by atoms with Crippen molar-refractivity contribution in [2.75, 3.05) is 26.2 Å². The number of hydrogen-bond acceptors (Lipinski definition) is 4. The van der Waals surface area contributed by atoms with Gasteiger partial charge in [-0.25, -0.2) is 4.79 Å². The van der Waals surface area contributed by atoms with Crippen LogP contribution in [0, 0.1) is 0 Å². The zero-order valence-electron chi connectivity index (χ0n) is 17.1. The maximum atomic E-state index is 13.1. The third-order valence-electron chi connectivity index (χ3n) is 6.11. The van der Waals surface area contributed by atoms with E-state index in [2.05, 4.69) is 14.8 Å². The first-order valence-corrected chi connectivity index (χ1v) is 11.0. The minimum atomic E-state index is -0.992. The molecule has 3 aromatic rings. The predicted molar refractivity (Wildman–Crippen MR) is 119 cm³/mol. The van der Waals surface area contributed by atoms with E-state index in [4.69, 9.17) is 27.9 Å². The number of halogens is 2. The molecule has 0 spiro atoms. The van der Waals surface area contributed by atoms with Crippen LogP contribution in [0.2, 0.25) is 10.0 Å². The van der Waals surface area contributed by atoms with E-state index in [-0.39, 0.29) is 18.9 Å². The van der Waals surface area contributed by atoms with Gasteiger partial charge in [-0.2, -0.15) is 5.10 Å². The molecule has 1 fully saturated rings. The van der Waals surface area contributed by atoms with E-state index in [1.807, 2.05) is 12.3 Å². The van der Waals surface area contributed by atoms with Crippen LogP contribution in [0.3, 0.4) is 0 Å². The molecule has 168 valence electrons. The van der Waals surface area contributed by atoms with Gasteiger partial charge in [0.2, 0.25) is 5.91 Å². The first kappa shape index (κ1) is 21.1. The molecule has 5 rings (SSSR count). The molecule has 9 nitrogen and oxygen atoms in total. The summed E-state index contributed by atoms with van der Waals surface area (Å²) in [7, 11) is 0. The first-order valence-electron chi connectivity index (χ1n) is 10.3. The van der Waals surface area contributed by atoms with E-state index >= 15 is 0 Å². The van der Waals surface area contributed by atoms with E-state index in [9.17, 15) is 14.7 Å². The van der Waals surface area contributed by atoms with Crippen molar-refractivity contribution < 1.29 is 19.4 Å². The fraction of sp³-hybridized carbons (Fsp3) is 0.381. The number of aromatic nitrogens is 3. The Labute approximate surface area is 193 Å². The summed E-state index contributed by atoms with van der Waals surface area (Å²) < 4.78 is 7.77. The first-order chi connectivity index (χ1) is 15.4. The minimum absolute atomic E-state index is 0.0685. The number of carbonyl (C=O) groups is 2. The summed E-state index contributed by atoms with van der Waals surface area (Å²) in [6.07, 6.45) is 2.26. The lowest BCUT2D eigenvalue weighted by Gasteiger charge is -2.34. The molecular formula is C21H21Cl2N5O4. The number of rotatable bonds is 3. The van der Waals surface area contributed by atoms with Crippen molar-refractivity contribution in [3.63, 3.8) is 0 Å². The predicted octanol–water partition coefficient (Wildman–Crippen LogP) is 3.45. The van der Waals surface area contributed by atoms with Crippen LogP contribution < -0.4 is 0 Å². The summed E-state index contributed by atoms with van der Waals surface area (Å²) in [5.74, 6) is -0.0685. The lowest BCUT2D eigenvalue weighted by molar-refractivity contribution is -0.137. The van der Waals surface area contributed by atoms with Gasteiger partial charge in [-0.15, -0.1) is 0 Å². The van der Waals surface area contributed by atoms with Crippen LogP contribution in [0.15, 0.2) is 24.5 Å². The molecule has 0 radical (unpaired) electrons. The van der Waals surface area contributed by atoms with E-state index < -0.39 is 12.2 Å². The van der Waals surface area contributed by atoms with Crippen molar-refractivity contribution in [1.29, 1.82) is 0 Å². The van der Waals surface area contributed by atoms with Gasteiger partial charge in [0.15, 0.2) is 0 Å². The quantitative estimate of drug-likeness (QED) is 0.600. The van der Waals surface area contributed by atoms with Gasteiger partial charge in [0.25, 0.3) is 0 Å². The Hall–Kier alpha value is -2.75. The molecule has 2 amide bonds. The maximum absolute atomic E-state index is 13.1. The molecule has 1 saturated heterocycles. The van der Waals surface area contributed by atoms with Gasteiger partial charge in [0, 0.05) is 48.0 Å². The van der Waals surface area contributed by atoms with Crippen molar-refractivity contribution >= 4 is 46.1 Å². The Morgan fingerprint density at radius 1 is 1.22 bits per heavy atom. The largest absolute Gasteiger partial charge is 0.465 e. The zero-order valence-corrected chi connectivity index (χ0v) is 18.6. The molecule has 4 heterocycles. The molecule has 0 saturated carbocycles. The van der Waals surface area contributed by atoms with Crippen molar-refractivity contribution in [2.24, 2.45) is 0 Å². The smallest absolute Gasteiger partial charge is 0.407 e. The van der Waals surface area contributed by atoms with E-state index in [1.165, 1.54) is 4.90 Å². The van der Waals surface area contributed by atoms with Crippen molar-refractivity contribution in [2.45, 2.75) is 25.6 Å². The number of ether oxygens (including phenoxy) is 1. The molecule has 1 atom stereocenters. The van der Waals surface area contributed by atoms with Gasteiger partial charge in [-0.1, -0.05) is 29.3 Å². The topological polar surface area (TPSA) is 104 Å². The molecule has 2 aliphatic rings. The monoisotopic (exact) mass is 477 g/mol. The van der Waals surface area contributed by atoms with Gasteiger partial charge in [-0.05, 0) is 6.07 Å². The van der Waals surface area contributed by atoms with Crippen LogP contribution >= 0.6 is 23.2 Å². The second-order valence-corrected chi connectivity index (χ2v) is 8.74. The number of amides is 2. The number of carboxylic acid groups (broad SMARTS) is 1. The van der Waals surface area contributed by atoms with Gasteiger partial charge >= 0.3 is 6.09 Å². The highest BCUT2D eigenvalue weighted by molar-refractivity contribution is 6.45. The second-order valence-electron chi connectivity index (χ2n) is 7.96. The maximum Gasteiger partial charge on any atom is 0.407 e. The van der Waals surface area contributed by atoms with Crippen molar-refractivity contribution in [1.82, 2.24) is 24.6 Å². The zero-order chi connectivity index (χ0) is 22.4. The van der Waals surface area contributed by atoms with Crippen LogP contribution in [-0.2, 0) is 22.6 Å².